The first-order chi connectivity index (χ1) is 19.4. The van der Waals surface area contributed by atoms with Gasteiger partial charge in [0.1, 0.15) is 23.1 Å². The van der Waals surface area contributed by atoms with Crippen molar-refractivity contribution in [2.45, 2.75) is 81.5 Å². The first kappa shape index (κ1) is 24.4. The fourth-order valence-electron chi connectivity index (χ4n) is 6.66. The Morgan fingerprint density at radius 3 is 2.48 bits per heavy atom. The lowest BCUT2D eigenvalue weighted by molar-refractivity contribution is 0.0697. The molecule has 7 nitrogen and oxygen atoms in total. The Balaban J connectivity index is 1.01. The minimum absolute atomic E-state index is 0.125. The van der Waals surface area contributed by atoms with Crippen LogP contribution in [0.15, 0.2) is 34.9 Å². The molecule has 2 N–H and O–H groups in total. The lowest BCUT2D eigenvalue weighted by Crippen LogP contribution is -2.64. The highest BCUT2D eigenvalue weighted by molar-refractivity contribution is 7.22. The van der Waals surface area contributed by atoms with E-state index in [1.165, 1.54) is 18.2 Å². The zero-order chi connectivity index (χ0) is 27.1. The monoisotopic (exact) mass is 562 g/mol. The molecule has 2 unspecified atom stereocenters. The third-order valence-corrected chi connectivity index (χ3v) is 9.99. The summed E-state index contributed by atoms with van der Waals surface area (Å²) in [7, 11) is 0. The molecule has 10 heteroatoms. The first-order valence-electron chi connectivity index (χ1n) is 14.1. The summed E-state index contributed by atoms with van der Waals surface area (Å²) in [5.74, 6) is -0.738. The van der Waals surface area contributed by atoms with Crippen molar-refractivity contribution in [2.75, 3.05) is 4.90 Å². The Morgan fingerprint density at radius 1 is 1.07 bits per heavy atom. The number of nitrogens with one attached hydrogen (secondary N) is 1. The van der Waals surface area contributed by atoms with Crippen molar-refractivity contribution in [3.8, 4) is 11.3 Å². The summed E-state index contributed by atoms with van der Waals surface area (Å²) >= 11 is 1.60. The molecule has 4 aromatic rings. The highest BCUT2D eigenvalue weighted by atomic mass is 32.1. The van der Waals surface area contributed by atoms with Crippen molar-refractivity contribution in [2.24, 2.45) is 0 Å². The summed E-state index contributed by atoms with van der Waals surface area (Å²) in [6, 6.07) is 8.41. The van der Waals surface area contributed by atoms with Crippen molar-refractivity contribution in [1.82, 2.24) is 15.5 Å². The number of thiazole rings is 1. The number of aromatic nitrogens is 2. The number of carbonyl (C=O) groups is 1. The zero-order valence-corrected chi connectivity index (χ0v) is 22.5. The van der Waals surface area contributed by atoms with Gasteiger partial charge in [0.25, 0.3) is 0 Å². The van der Waals surface area contributed by atoms with Crippen molar-refractivity contribution >= 4 is 32.7 Å². The van der Waals surface area contributed by atoms with Crippen LogP contribution < -0.4 is 10.2 Å². The van der Waals surface area contributed by atoms with Crippen LogP contribution in [0.5, 0.6) is 0 Å². The Kier molecular flexibility index (Phi) is 5.54. The second kappa shape index (κ2) is 9.07. The molecule has 2 aromatic carbocycles. The number of hydrogen-bond acceptors (Lipinski definition) is 7. The largest absolute Gasteiger partial charge is 0.478 e. The van der Waals surface area contributed by atoms with E-state index in [0.717, 1.165) is 77.2 Å². The van der Waals surface area contributed by atoms with Gasteiger partial charge in [0.2, 0.25) is 0 Å². The fourth-order valence-corrected chi connectivity index (χ4v) is 7.85. The normalized spacial score (nSPS) is 23.9. The molecule has 3 aliphatic carbocycles. The summed E-state index contributed by atoms with van der Waals surface area (Å²) in [5.41, 5.74) is 3.27. The second-order valence-corrected chi connectivity index (χ2v) is 12.7. The van der Waals surface area contributed by atoms with Gasteiger partial charge in [-0.3, -0.25) is 0 Å². The summed E-state index contributed by atoms with van der Waals surface area (Å²) in [4.78, 5) is 19.1. The summed E-state index contributed by atoms with van der Waals surface area (Å²) in [6.07, 6.45) is 7.17. The van der Waals surface area contributed by atoms with Gasteiger partial charge in [-0.15, -0.1) is 0 Å². The molecule has 2 bridgehead atoms. The van der Waals surface area contributed by atoms with Crippen LogP contribution in [0.25, 0.3) is 21.5 Å². The average molecular weight is 563 g/mol. The lowest BCUT2D eigenvalue weighted by atomic mass is 9.77. The number of hydrogen-bond donors (Lipinski definition) is 2. The molecule has 9 rings (SSSR count). The fraction of sp³-hybridized carbons (Fsp3) is 0.433. The van der Waals surface area contributed by atoms with Crippen LogP contribution in [0.4, 0.5) is 13.9 Å². The number of fused-ring (bicyclic) bond motifs is 3. The van der Waals surface area contributed by atoms with Crippen LogP contribution in [0.2, 0.25) is 0 Å². The Hall–Kier alpha value is -3.37. The predicted octanol–water partition coefficient (Wildman–Crippen LogP) is 6.58. The maximum absolute atomic E-state index is 14.6. The summed E-state index contributed by atoms with van der Waals surface area (Å²) in [5, 5.41) is 18.4. The van der Waals surface area contributed by atoms with Gasteiger partial charge in [0.05, 0.1) is 21.3 Å². The summed E-state index contributed by atoms with van der Waals surface area (Å²) in [6.45, 7) is 0.451. The van der Waals surface area contributed by atoms with Gasteiger partial charge in [0.15, 0.2) is 5.13 Å². The van der Waals surface area contributed by atoms with Gasteiger partial charge in [-0.2, -0.15) is 0 Å². The van der Waals surface area contributed by atoms with Gasteiger partial charge in [0, 0.05) is 36.2 Å². The maximum atomic E-state index is 14.6. The molecular weight excluding hydrogens is 534 g/mol. The number of nitrogens with zero attached hydrogens (tertiary/aromatic N) is 3. The number of piperidine rings is 1. The van der Waals surface area contributed by atoms with Crippen molar-refractivity contribution < 1.29 is 23.2 Å². The zero-order valence-electron chi connectivity index (χ0n) is 21.7. The molecule has 0 amide bonds. The Morgan fingerprint density at radius 2 is 1.80 bits per heavy atom. The highest BCUT2D eigenvalue weighted by Crippen LogP contribution is 2.49. The Bertz CT molecular complexity index is 1630. The minimum atomic E-state index is -0.896. The third kappa shape index (κ3) is 4.03. The number of carboxylic acids is 1. The summed E-state index contributed by atoms with van der Waals surface area (Å²) < 4.78 is 35.8. The van der Waals surface area contributed by atoms with E-state index in [4.69, 9.17) is 9.51 Å². The van der Waals surface area contributed by atoms with Crippen LogP contribution in [0, 0.1) is 11.6 Å². The van der Waals surface area contributed by atoms with E-state index in [2.05, 4.69) is 15.4 Å². The van der Waals surface area contributed by atoms with Crippen LogP contribution >= 0.6 is 11.3 Å². The van der Waals surface area contributed by atoms with E-state index in [-0.39, 0.29) is 23.2 Å². The van der Waals surface area contributed by atoms with E-state index < -0.39 is 17.6 Å². The molecule has 5 fully saturated rings. The number of aromatic carboxylic acids is 1. The third-order valence-electron chi connectivity index (χ3n) is 8.98. The molecular formula is C30H28F2N4O3S. The van der Waals surface area contributed by atoms with Crippen LogP contribution in [0.3, 0.4) is 0 Å². The minimum Gasteiger partial charge on any atom is -0.478 e. The van der Waals surface area contributed by atoms with Crippen LogP contribution in [-0.4, -0.2) is 39.3 Å². The number of anilines is 1. The molecule has 5 aliphatic rings. The van der Waals surface area contributed by atoms with Gasteiger partial charge >= 0.3 is 5.97 Å². The number of benzene rings is 2. The highest BCUT2D eigenvalue weighted by Gasteiger charge is 2.47. The second-order valence-electron chi connectivity index (χ2n) is 11.7. The van der Waals surface area contributed by atoms with Crippen molar-refractivity contribution in [3.63, 3.8) is 0 Å². The molecule has 40 heavy (non-hydrogen) atoms. The lowest BCUT2D eigenvalue weighted by Gasteiger charge is -2.55. The van der Waals surface area contributed by atoms with E-state index in [1.807, 2.05) is 6.07 Å². The predicted molar refractivity (Wildman–Crippen MR) is 147 cm³/mol. The van der Waals surface area contributed by atoms with E-state index in [0.29, 0.717) is 30.1 Å². The van der Waals surface area contributed by atoms with Crippen molar-refractivity contribution in [3.05, 3.63) is 64.4 Å². The molecule has 0 radical (unpaired) electrons. The standard InChI is InChI=1S/C30H28F2N4O3S/c31-22-2-1-3-23(32)25(22)27-21(28(39-35-27)15-6-7-15)13-33-17-10-18-12-19(11-17)36(18)30-34-26-20(14-4-5-14)8-16(29(37)38)9-24(26)40-30/h1-3,8-9,14-15,17-19,33H,4-7,10-13H2,(H,37,38). The quantitative estimate of drug-likeness (QED) is 0.251. The molecule has 2 aromatic heterocycles. The smallest absolute Gasteiger partial charge is 0.335 e. The van der Waals surface area contributed by atoms with E-state index in [9.17, 15) is 18.7 Å². The van der Waals surface area contributed by atoms with E-state index in [1.54, 1.807) is 17.4 Å². The van der Waals surface area contributed by atoms with Gasteiger partial charge < -0.3 is 19.8 Å². The molecule has 206 valence electrons. The first-order valence-corrected chi connectivity index (χ1v) is 14.9. The van der Waals surface area contributed by atoms with E-state index >= 15 is 0 Å². The van der Waals surface area contributed by atoms with Gasteiger partial charge in [-0.1, -0.05) is 22.6 Å². The number of carboxylic acid groups (broad SMARTS) is 1. The number of halogens is 2. The molecule has 2 atom stereocenters. The molecule has 2 aliphatic heterocycles. The molecule has 0 spiro atoms. The molecule has 3 saturated carbocycles. The maximum Gasteiger partial charge on any atom is 0.335 e. The average Bonchev–Trinajstić information content (AvgIpc) is 3.86. The van der Waals surface area contributed by atoms with Crippen LogP contribution in [0.1, 0.15) is 84.0 Å². The van der Waals surface area contributed by atoms with Gasteiger partial charge in [-0.05, 0) is 80.7 Å². The molecule has 2 saturated heterocycles. The topological polar surface area (TPSA) is 91.5 Å². The Labute approximate surface area is 233 Å². The molecule has 4 heterocycles. The van der Waals surface area contributed by atoms with Crippen molar-refractivity contribution in [1.29, 1.82) is 0 Å². The van der Waals surface area contributed by atoms with Crippen LogP contribution in [-0.2, 0) is 6.54 Å². The number of rotatable bonds is 8. The SMILES string of the molecule is O=C(O)c1cc(C2CC2)c2nc(N3C4CC(NCc5c(-c6c(F)cccc6F)noc5C5CC5)CC3C4)sc2c1. The van der Waals surface area contributed by atoms with Gasteiger partial charge in [-0.25, -0.2) is 18.6 Å².